The zero-order chi connectivity index (χ0) is 19.6. The van der Waals surface area contributed by atoms with E-state index in [0.717, 1.165) is 13.1 Å². The van der Waals surface area contributed by atoms with Gasteiger partial charge in [0.25, 0.3) is 0 Å². The van der Waals surface area contributed by atoms with E-state index in [9.17, 15) is 14.0 Å². The molecule has 1 saturated heterocycles. The van der Waals surface area contributed by atoms with Gasteiger partial charge in [0, 0.05) is 44.3 Å². The summed E-state index contributed by atoms with van der Waals surface area (Å²) in [5, 5.41) is 3.36. The van der Waals surface area contributed by atoms with E-state index in [1.54, 1.807) is 10.6 Å². The van der Waals surface area contributed by atoms with Gasteiger partial charge in [0.15, 0.2) is 0 Å². The van der Waals surface area contributed by atoms with Crippen LogP contribution >= 0.6 is 23.2 Å². The fraction of sp³-hybridized carbons (Fsp3) is 0.444. The number of pyridine rings is 1. The molecule has 1 aliphatic rings. The molecule has 3 rings (SSSR count). The van der Waals surface area contributed by atoms with Crippen molar-refractivity contribution in [3.63, 3.8) is 0 Å². The molecular formula is C18H20Cl2FN3O3. The van der Waals surface area contributed by atoms with Crippen LogP contribution in [0.5, 0.6) is 0 Å². The maximum atomic E-state index is 14.7. The van der Waals surface area contributed by atoms with Crippen LogP contribution < -0.4 is 15.6 Å². The van der Waals surface area contributed by atoms with Crippen LogP contribution in [0.3, 0.4) is 0 Å². The third-order valence-electron chi connectivity index (χ3n) is 4.51. The van der Waals surface area contributed by atoms with Crippen molar-refractivity contribution < 1.29 is 13.9 Å². The molecular weight excluding hydrogens is 396 g/mol. The Morgan fingerprint density at radius 3 is 2.67 bits per heavy atom. The van der Waals surface area contributed by atoms with Gasteiger partial charge in [-0.3, -0.25) is 4.79 Å². The molecule has 0 aliphatic carbocycles. The number of hydrogen-bond acceptors (Lipinski definition) is 5. The second-order valence-electron chi connectivity index (χ2n) is 6.21. The first kappa shape index (κ1) is 19.9. The SMILES string of the molecule is CCn1cc(C(=O)OCC(Cl)Cl)c(=O)c2cc(F)c(N3CCNCC3)cc21. The lowest BCUT2D eigenvalue weighted by molar-refractivity contribution is 0.0519. The molecule has 0 saturated carbocycles. The van der Waals surface area contributed by atoms with Crippen molar-refractivity contribution in [2.75, 3.05) is 37.7 Å². The largest absolute Gasteiger partial charge is 0.459 e. The number of benzene rings is 1. The molecule has 146 valence electrons. The molecule has 0 amide bonds. The van der Waals surface area contributed by atoms with Gasteiger partial charge in [0.1, 0.15) is 22.8 Å². The maximum absolute atomic E-state index is 14.7. The summed E-state index contributed by atoms with van der Waals surface area (Å²) in [5.74, 6) is -1.32. The monoisotopic (exact) mass is 415 g/mol. The summed E-state index contributed by atoms with van der Waals surface area (Å²) in [7, 11) is 0. The maximum Gasteiger partial charge on any atom is 0.343 e. The Hall–Kier alpha value is -1.83. The summed E-state index contributed by atoms with van der Waals surface area (Å²) in [6, 6.07) is 2.87. The molecule has 0 unspecified atom stereocenters. The van der Waals surface area contributed by atoms with Crippen molar-refractivity contribution in [1.29, 1.82) is 0 Å². The molecule has 1 aromatic heterocycles. The molecule has 1 N–H and O–H groups in total. The number of ether oxygens (including phenoxy) is 1. The second-order valence-corrected chi connectivity index (χ2v) is 7.48. The van der Waals surface area contributed by atoms with Gasteiger partial charge in [-0.25, -0.2) is 9.18 Å². The highest BCUT2D eigenvalue weighted by Gasteiger charge is 2.21. The molecule has 9 heteroatoms. The molecule has 1 fully saturated rings. The first-order valence-electron chi connectivity index (χ1n) is 8.70. The highest BCUT2D eigenvalue weighted by Crippen LogP contribution is 2.25. The van der Waals surface area contributed by atoms with Gasteiger partial charge in [-0.15, -0.1) is 23.2 Å². The van der Waals surface area contributed by atoms with Crippen LogP contribution in [-0.4, -0.2) is 48.2 Å². The van der Waals surface area contributed by atoms with E-state index in [-0.39, 0.29) is 17.6 Å². The minimum atomic E-state index is -0.887. The van der Waals surface area contributed by atoms with Crippen molar-refractivity contribution in [3.05, 3.63) is 39.9 Å². The average Bonchev–Trinajstić information content (AvgIpc) is 2.67. The molecule has 2 aromatic rings. The third kappa shape index (κ3) is 4.20. The van der Waals surface area contributed by atoms with E-state index < -0.39 is 22.1 Å². The Balaban J connectivity index is 2.09. The number of carbonyl (C=O) groups excluding carboxylic acids is 1. The van der Waals surface area contributed by atoms with Crippen LogP contribution in [-0.2, 0) is 11.3 Å². The zero-order valence-electron chi connectivity index (χ0n) is 14.8. The second kappa shape index (κ2) is 8.46. The van der Waals surface area contributed by atoms with E-state index in [1.165, 1.54) is 12.3 Å². The Morgan fingerprint density at radius 2 is 2.04 bits per heavy atom. The number of nitrogens with zero attached hydrogens (tertiary/aromatic N) is 2. The molecule has 0 radical (unpaired) electrons. The number of halogens is 3. The molecule has 1 aromatic carbocycles. The fourth-order valence-electron chi connectivity index (χ4n) is 3.17. The van der Waals surface area contributed by atoms with Crippen LogP contribution in [0, 0.1) is 5.82 Å². The van der Waals surface area contributed by atoms with Crippen LogP contribution in [0.2, 0.25) is 0 Å². The molecule has 27 heavy (non-hydrogen) atoms. The van der Waals surface area contributed by atoms with Crippen LogP contribution in [0.15, 0.2) is 23.1 Å². The van der Waals surface area contributed by atoms with Gasteiger partial charge < -0.3 is 19.5 Å². The van der Waals surface area contributed by atoms with E-state index in [1.807, 2.05) is 11.8 Å². The first-order valence-corrected chi connectivity index (χ1v) is 9.57. The summed E-state index contributed by atoms with van der Waals surface area (Å²) < 4.78 is 21.4. The summed E-state index contributed by atoms with van der Waals surface area (Å²) in [4.78, 5) is 26.0. The van der Waals surface area contributed by atoms with Gasteiger partial charge in [-0.1, -0.05) is 0 Å². The molecule has 0 atom stereocenters. The lowest BCUT2D eigenvalue weighted by atomic mass is 10.1. The number of alkyl halides is 2. The number of hydrogen-bond donors (Lipinski definition) is 1. The van der Waals surface area contributed by atoms with Crippen molar-refractivity contribution in [1.82, 2.24) is 9.88 Å². The number of esters is 1. The van der Waals surface area contributed by atoms with E-state index in [0.29, 0.717) is 30.8 Å². The Bertz CT molecular complexity index is 911. The van der Waals surface area contributed by atoms with Crippen molar-refractivity contribution in [3.8, 4) is 0 Å². The minimum Gasteiger partial charge on any atom is -0.459 e. The van der Waals surface area contributed by atoms with Crippen molar-refractivity contribution >= 4 is 45.8 Å². The Kier molecular flexibility index (Phi) is 6.24. The Labute approximate surface area is 165 Å². The highest BCUT2D eigenvalue weighted by atomic mass is 35.5. The number of fused-ring (bicyclic) bond motifs is 1. The smallest absolute Gasteiger partial charge is 0.343 e. The predicted molar refractivity (Wildman–Crippen MR) is 105 cm³/mol. The topological polar surface area (TPSA) is 63.6 Å². The summed E-state index contributed by atoms with van der Waals surface area (Å²) in [6.07, 6.45) is 1.43. The van der Waals surface area contributed by atoms with Crippen LogP contribution in [0.4, 0.5) is 10.1 Å². The number of carbonyl (C=O) groups is 1. The average molecular weight is 416 g/mol. The number of anilines is 1. The number of aromatic nitrogens is 1. The molecule has 2 heterocycles. The van der Waals surface area contributed by atoms with Crippen LogP contribution in [0.25, 0.3) is 10.9 Å². The van der Waals surface area contributed by atoms with Gasteiger partial charge in [-0.2, -0.15) is 0 Å². The standard InChI is InChI=1S/C18H20Cl2FN3O3/c1-2-23-9-12(18(26)27-10-16(19)20)17(25)11-7-13(21)15(8-14(11)23)24-5-3-22-4-6-24/h7-9,16,22H,2-6,10H2,1H3. The normalized spacial score (nSPS) is 14.8. The van der Waals surface area contributed by atoms with Crippen molar-refractivity contribution in [2.45, 2.75) is 18.3 Å². The predicted octanol–water partition coefficient (Wildman–Crippen LogP) is 2.53. The molecule has 0 spiro atoms. The number of piperazine rings is 1. The molecule has 0 bridgehead atoms. The van der Waals surface area contributed by atoms with Gasteiger partial charge in [0.2, 0.25) is 5.43 Å². The van der Waals surface area contributed by atoms with Gasteiger partial charge in [0.05, 0.1) is 11.2 Å². The fourth-order valence-corrected chi connectivity index (χ4v) is 3.30. The number of rotatable bonds is 5. The minimum absolute atomic E-state index is 0.135. The summed E-state index contributed by atoms with van der Waals surface area (Å²) >= 11 is 11.1. The quantitative estimate of drug-likeness (QED) is 0.600. The Morgan fingerprint density at radius 1 is 1.33 bits per heavy atom. The number of aryl methyl sites for hydroxylation is 1. The van der Waals surface area contributed by atoms with Gasteiger partial charge in [-0.05, 0) is 19.1 Å². The molecule has 1 aliphatic heterocycles. The molecule has 6 nitrogen and oxygen atoms in total. The third-order valence-corrected chi connectivity index (χ3v) is 4.76. The van der Waals surface area contributed by atoms with E-state index in [4.69, 9.17) is 27.9 Å². The number of nitrogens with one attached hydrogen (secondary N) is 1. The van der Waals surface area contributed by atoms with E-state index in [2.05, 4.69) is 5.32 Å². The lowest BCUT2D eigenvalue weighted by Gasteiger charge is -2.30. The first-order chi connectivity index (χ1) is 12.9. The van der Waals surface area contributed by atoms with Crippen molar-refractivity contribution in [2.24, 2.45) is 0 Å². The van der Waals surface area contributed by atoms with Gasteiger partial charge >= 0.3 is 5.97 Å². The summed E-state index contributed by atoms with van der Waals surface area (Å²) in [5.41, 5.74) is 0.272. The highest BCUT2D eigenvalue weighted by molar-refractivity contribution is 6.44. The van der Waals surface area contributed by atoms with E-state index >= 15 is 0 Å². The van der Waals surface area contributed by atoms with Crippen LogP contribution in [0.1, 0.15) is 17.3 Å². The zero-order valence-corrected chi connectivity index (χ0v) is 16.3. The lowest BCUT2D eigenvalue weighted by Crippen LogP contribution is -2.43. The summed E-state index contributed by atoms with van der Waals surface area (Å²) in [6.45, 7) is 5.04.